The molecule has 1 heterocycles. The molecule has 2 aromatic rings. The third kappa shape index (κ3) is 3.59. The van der Waals surface area contributed by atoms with Gasteiger partial charge in [0.05, 0.1) is 22.4 Å². The van der Waals surface area contributed by atoms with Crippen LogP contribution in [-0.4, -0.2) is 18.1 Å². The van der Waals surface area contributed by atoms with Gasteiger partial charge in [-0.2, -0.15) is 0 Å². The molecule has 0 bridgehead atoms. The van der Waals surface area contributed by atoms with E-state index < -0.39 is 11.8 Å². The number of ether oxygens (including phenoxy) is 1. The highest BCUT2D eigenvalue weighted by molar-refractivity contribution is 7.18. The summed E-state index contributed by atoms with van der Waals surface area (Å²) in [4.78, 5) is 15.9. The van der Waals surface area contributed by atoms with E-state index in [0.717, 1.165) is 17.8 Å². The normalized spacial score (nSPS) is 12.6. The highest BCUT2D eigenvalue weighted by Gasteiger charge is 2.17. The van der Waals surface area contributed by atoms with Gasteiger partial charge in [-0.15, -0.1) is 11.3 Å². The predicted octanol–water partition coefficient (Wildman–Crippen LogP) is 4.91. The Morgan fingerprint density at radius 3 is 2.86 bits per heavy atom. The molecule has 1 aromatic carbocycles. The van der Waals surface area contributed by atoms with Crippen LogP contribution in [0.3, 0.4) is 0 Å². The number of rotatable bonds is 6. The fraction of sp³-hybridized carbons (Fsp3) is 0.500. The van der Waals surface area contributed by atoms with Gasteiger partial charge in [0, 0.05) is 5.92 Å². The Hall–Kier alpha value is -1.49. The minimum absolute atomic E-state index is 0.233. The van der Waals surface area contributed by atoms with Crippen LogP contribution < -0.4 is 0 Å². The van der Waals surface area contributed by atoms with Crippen molar-refractivity contribution in [2.24, 2.45) is 0 Å². The monoisotopic (exact) mass is 309 g/mol. The molecule has 0 aliphatic rings. The Kier molecular flexibility index (Phi) is 5.28. The third-order valence-corrected chi connectivity index (χ3v) is 4.78. The molecule has 0 N–H and O–H groups in total. The molecule has 1 aromatic heterocycles. The van der Waals surface area contributed by atoms with Gasteiger partial charge >= 0.3 is 5.97 Å². The van der Waals surface area contributed by atoms with E-state index in [0.29, 0.717) is 16.1 Å². The highest BCUT2D eigenvalue weighted by atomic mass is 32.1. The summed E-state index contributed by atoms with van der Waals surface area (Å²) >= 11 is 1.46. The number of thiazole rings is 1. The number of carbonyl (C=O) groups excluding carboxylic acids is 1. The lowest BCUT2D eigenvalue weighted by Gasteiger charge is -2.06. The summed E-state index contributed by atoms with van der Waals surface area (Å²) in [6, 6.07) is 2.85. The number of hydrogen-bond donors (Lipinski definition) is 0. The van der Waals surface area contributed by atoms with Crippen molar-refractivity contribution in [2.45, 2.75) is 45.4 Å². The van der Waals surface area contributed by atoms with E-state index in [4.69, 9.17) is 0 Å². The summed E-state index contributed by atoms with van der Waals surface area (Å²) in [6.07, 6.45) is 4.60. The van der Waals surface area contributed by atoms with Crippen molar-refractivity contribution in [3.8, 4) is 0 Å². The van der Waals surface area contributed by atoms with Crippen molar-refractivity contribution in [2.75, 3.05) is 7.11 Å². The zero-order valence-corrected chi connectivity index (χ0v) is 13.4. The second kappa shape index (κ2) is 6.98. The van der Waals surface area contributed by atoms with Gasteiger partial charge in [-0.05, 0) is 18.6 Å². The molecule has 114 valence electrons. The number of halogens is 1. The maximum Gasteiger partial charge on any atom is 0.338 e. The summed E-state index contributed by atoms with van der Waals surface area (Å²) in [6.45, 7) is 4.29. The van der Waals surface area contributed by atoms with E-state index in [1.54, 1.807) is 6.07 Å². The summed E-state index contributed by atoms with van der Waals surface area (Å²) in [5.74, 6) is -0.673. The first-order chi connectivity index (χ1) is 10.1. The quantitative estimate of drug-likeness (QED) is 0.562. The van der Waals surface area contributed by atoms with Crippen molar-refractivity contribution in [1.29, 1.82) is 0 Å². The molecule has 0 amide bonds. The summed E-state index contributed by atoms with van der Waals surface area (Å²) < 4.78 is 19.4. The molecule has 5 heteroatoms. The Morgan fingerprint density at radius 2 is 2.19 bits per heavy atom. The molecule has 1 atom stereocenters. The fourth-order valence-corrected chi connectivity index (χ4v) is 3.38. The average Bonchev–Trinajstić information content (AvgIpc) is 2.91. The van der Waals surface area contributed by atoms with Gasteiger partial charge in [0.15, 0.2) is 5.82 Å². The van der Waals surface area contributed by atoms with E-state index in [1.807, 2.05) is 0 Å². The molecule has 0 saturated heterocycles. The second-order valence-electron chi connectivity index (χ2n) is 5.25. The Labute approximate surface area is 128 Å². The van der Waals surface area contributed by atoms with Gasteiger partial charge in [0.2, 0.25) is 0 Å². The van der Waals surface area contributed by atoms with Crippen LogP contribution >= 0.6 is 11.3 Å². The number of unbranched alkanes of at least 4 members (excludes halogenated alkanes) is 2. The van der Waals surface area contributed by atoms with E-state index in [1.165, 1.54) is 37.4 Å². The van der Waals surface area contributed by atoms with Crippen molar-refractivity contribution in [3.63, 3.8) is 0 Å². The molecule has 0 radical (unpaired) electrons. The van der Waals surface area contributed by atoms with Gasteiger partial charge in [-0.1, -0.05) is 33.1 Å². The number of benzene rings is 1. The van der Waals surface area contributed by atoms with Crippen LogP contribution in [0.1, 0.15) is 60.8 Å². The molecule has 0 aliphatic carbocycles. The van der Waals surface area contributed by atoms with Crippen LogP contribution in [0.25, 0.3) is 10.2 Å². The zero-order valence-electron chi connectivity index (χ0n) is 12.6. The minimum Gasteiger partial charge on any atom is -0.465 e. The Morgan fingerprint density at radius 1 is 1.43 bits per heavy atom. The summed E-state index contributed by atoms with van der Waals surface area (Å²) in [7, 11) is 1.29. The van der Waals surface area contributed by atoms with Crippen molar-refractivity contribution < 1.29 is 13.9 Å². The summed E-state index contributed by atoms with van der Waals surface area (Å²) in [5.41, 5.74) is 0.585. The summed E-state index contributed by atoms with van der Waals surface area (Å²) in [5, 5.41) is 0.932. The Balaban J connectivity index is 2.28. The molecular formula is C16H20FNO2S. The third-order valence-electron chi connectivity index (χ3n) is 3.55. The molecule has 1 unspecified atom stereocenters. The number of carbonyl (C=O) groups is 1. The molecule has 3 nitrogen and oxygen atoms in total. The van der Waals surface area contributed by atoms with E-state index in [-0.39, 0.29) is 5.56 Å². The van der Waals surface area contributed by atoms with Crippen LogP contribution in [-0.2, 0) is 4.74 Å². The molecular weight excluding hydrogens is 289 g/mol. The molecule has 2 rings (SSSR count). The van der Waals surface area contributed by atoms with Crippen LogP contribution in [0, 0.1) is 5.82 Å². The van der Waals surface area contributed by atoms with Crippen LogP contribution in [0.2, 0.25) is 0 Å². The fourth-order valence-electron chi connectivity index (χ4n) is 2.28. The Bertz CT molecular complexity index is 638. The molecule has 0 fully saturated rings. The highest BCUT2D eigenvalue weighted by Crippen LogP contribution is 2.32. The van der Waals surface area contributed by atoms with E-state index in [2.05, 4.69) is 23.6 Å². The maximum atomic E-state index is 14.1. The predicted molar refractivity (Wildman–Crippen MR) is 83.5 cm³/mol. The first-order valence-corrected chi connectivity index (χ1v) is 8.06. The molecule has 21 heavy (non-hydrogen) atoms. The van der Waals surface area contributed by atoms with Gasteiger partial charge in [0.25, 0.3) is 0 Å². The standard InChI is InChI=1S/C16H20FNO2S/c1-4-5-6-7-10(2)15-18-14-12(17)8-11(16(19)20-3)9-13(14)21-15/h8-10H,4-7H2,1-3H3. The van der Waals surface area contributed by atoms with E-state index >= 15 is 0 Å². The zero-order chi connectivity index (χ0) is 15.4. The first-order valence-electron chi connectivity index (χ1n) is 7.25. The SMILES string of the molecule is CCCCCC(C)c1nc2c(F)cc(C(=O)OC)cc2s1. The number of nitrogens with zero attached hydrogens (tertiary/aromatic N) is 1. The van der Waals surface area contributed by atoms with Crippen molar-refractivity contribution in [3.05, 3.63) is 28.5 Å². The van der Waals surface area contributed by atoms with Gasteiger partial charge < -0.3 is 4.74 Å². The van der Waals surface area contributed by atoms with Crippen LogP contribution in [0.15, 0.2) is 12.1 Å². The van der Waals surface area contributed by atoms with Gasteiger partial charge in [0.1, 0.15) is 5.52 Å². The minimum atomic E-state index is -0.526. The van der Waals surface area contributed by atoms with Crippen LogP contribution in [0.5, 0.6) is 0 Å². The number of fused-ring (bicyclic) bond motifs is 1. The number of esters is 1. The topological polar surface area (TPSA) is 39.2 Å². The van der Waals surface area contributed by atoms with Crippen LogP contribution in [0.4, 0.5) is 4.39 Å². The lowest BCUT2D eigenvalue weighted by molar-refractivity contribution is 0.0600. The number of hydrogen-bond acceptors (Lipinski definition) is 4. The second-order valence-corrected chi connectivity index (χ2v) is 6.31. The number of aromatic nitrogens is 1. The number of methoxy groups -OCH3 is 1. The lowest BCUT2D eigenvalue weighted by atomic mass is 10.0. The smallest absolute Gasteiger partial charge is 0.338 e. The van der Waals surface area contributed by atoms with E-state index in [9.17, 15) is 9.18 Å². The average molecular weight is 309 g/mol. The lowest BCUT2D eigenvalue weighted by Crippen LogP contribution is -2.01. The van der Waals surface area contributed by atoms with Crippen molar-refractivity contribution >= 4 is 27.5 Å². The largest absolute Gasteiger partial charge is 0.465 e. The van der Waals surface area contributed by atoms with Gasteiger partial charge in [-0.3, -0.25) is 0 Å². The van der Waals surface area contributed by atoms with Crippen molar-refractivity contribution in [1.82, 2.24) is 4.98 Å². The first kappa shape index (κ1) is 15.9. The molecule has 0 spiro atoms. The maximum absolute atomic E-state index is 14.1. The van der Waals surface area contributed by atoms with Gasteiger partial charge in [-0.25, -0.2) is 14.2 Å². The molecule has 0 aliphatic heterocycles. The molecule has 0 saturated carbocycles.